The van der Waals surface area contributed by atoms with Gasteiger partial charge in [-0.15, -0.1) is 0 Å². The molecule has 24 heavy (non-hydrogen) atoms. The summed E-state index contributed by atoms with van der Waals surface area (Å²) >= 11 is 6.03. The number of aryl methyl sites for hydroxylation is 1. The van der Waals surface area contributed by atoms with E-state index in [1.807, 2.05) is 25.1 Å². The Bertz CT molecular complexity index is 778. The summed E-state index contributed by atoms with van der Waals surface area (Å²) in [7, 11) is 0. The largest absolute Gasteiger partial charge is 0.363 e. The summed E-state index contributed by atoms with van der Waals surface area (Å²) < 4.78 is 0. The van der Waals surface area contributed by atoms with E-state index in [4.69, 9.17) is 11.6 Å². The van der Waals surface area contributed by atoms with Crippen LogP contribution in [0.4, 0.5) is 5.69 Å². The number of H-pyrrole nitrogens is 1. The number of aromatic nitrogens is 1. The van der Waals surface area contributed by atoms with Crippen LogP contribution in [0.1, 0.15) is 47.3 Å². The second-order valence-corrected chi connectivity index (χ2v) is 6.71. The summed E-state index contributed by atoms with van der Waals surface area (Å²) in [6, 6.07) is 8.00. The van der Waals surface area contributed by atoms with Crippen molar-refractivity contribution < 1.29 is 9.59 Å². The molecule has 126 valence electrons. The predicted molar refractivity (Wildman–Crippen MR) is 94.5 cm³/mol. The van der Waals surface area contributed by atoms with E-state index in [2.05, 4.69) is 21.7 Å². The Hall–Kier alpha value is -2.27. The number of anilines is 1. The van der Waals surface area contributed by atoms with E-state index >= 15 is 0 Å². The van der Waals surface area contributed by atoms with Crippen LogP contribution in [0, 0.1) is 6.92 Å². The molecule has 3 rings (SSSR count). The van der Waals surface area contributed by atoms with Crippen LogP contribution in [0.5, 0.6) is 0 Å². The molecular weight excluding hydrogens is 326 g/mol. The first kappa shape index (κ1) is 16.6. The van der Waals surface area contributed by atoms with Crippen molar-refractivity contribution in [2.45, 2.75) is 38.6 Å². The lowest BCUT2D eigenvalue weighted by Crippen LogP contribution is -2.43. The average molecular weight is 346 g/mol. The van der Waals surface area contributed by atoms with Crippen molar-refractivity contribution in [1.29, 1.82) is 0 Å². The molecule has 0 atom stereocenters. The van der Waals surface area contributed by atoms with Crippen LogP contribution in [0.3, 0.4) is 0 Å². The van der Waals surface area contributed by atoms with Gasteiger partial charge in [0.15, 0.2) is 0 Å². The fourth-order valence-corrected chi connectivity index (χ4v) is 3.33. The minimum absolute atomic E-state index is 0.140. The number of hydrogen-bond donors (Lipinski definition) is 3. The SMILES string of the molecule is CC(=O)Nc1c[nH]c(C)c1C(=O)NC1CC(c2cccc(Cl)c2)C1. The molecule has 0 saturated heterocycles. The number of hydrogen-bond acceptors (Lipinski definition) is 2. The highest BCUT2D eigenvalue weighted by molar-refractivity contribution is 6.30. The number of amides is 2. The molecule has 1 aromatic heterocycles. The van der Waals surface area contributed by atoms with Crippen molar-refractivity contribution in [3.63, 3.8) is 0 Å². The quantitative estimate of drug-likeness (QED) is 0.791. The Labute approximate surface area is 145 Å². The smallest absolute Gasteiger partial charge is 0.255 e. The van der Waals surface area contributed by atoms with Crippen molar-refractivity contribution >= 4 is 29.1 Å². The van der Waals surface area contributed by atoms with Crippen molar-refractivity contribution in [3.8, 4) is 0 Å². The standard InChI is InChI=1S/C18H20ClN3O2/c1-10-17(16(9-20-10)21-11(2)23)18(24)22-15-7-13(8-15)12-4-3-5-14(19)6-12/h3-6,9,13,15,20H,7-8H2,1-2H3,(H,21,23)(H,22,24). The monoisotopic (exact) mass is 345 g/mol. The predicted octanol–water partition coefficient (Wildman–Crippen LogP) is 3.61. The number of halogens is 1. The number of benzene rings is 1. The molecule has 0 radical (unpaired) electrons. The lowest BCUT2D eigenvalue weighted by molar-refractivity contribution is -0.114. The normalized spacial score (nSPS) is 19.5. The highest BCUT2D eigenvalue weighted by atomic mass is 35.5. The minimum atomic E-state index is -0.201. The van der Waals surface area contributed by atoms with Crippen LogP contribution in [-0.2, 0) is 4.79 Å². The first-order valence-corrected chi connectivity index (χ1v) is 8.33. The number of nitrogens with one attached hydrogen (secondary N) is 3. The zero-order valence-electron chi connectivity index (χ0n) is 13.7. The third kappa shape index (κ3) is 3.46. The highest BCUT2D eigenvalue weighted by Gasteiger charge is 2.32. The Kier molecular flexibility index (Phi) is 4.62. The number of carbonyl (C=O) groups excluding carboxylic acids is 2. The minimum Gasteiger partial charge on any atom is -0.363 e. The Morgan fingerprint density at radius 3 is 2.71 bits per heavy atom. The van der Waals surface area contributed by atoms with Gasteiger partial charge in [0.1, 0.15) is 0 Å². The summed E-state index contributed by atoms with van der Waals surface area (Å²) in [4.78, 5) is 26.8. The van der Waals surface area contributed by atoms with Crippen molar-refractivity contribution in [2.24, 2.45) is 0 Å². The van der Waals surface area contributed by atoms with Gasteiger partial charge in [-0.05, 0) is 43.4 Å². The van der Waals surface area contributed by atoms with Crippen LogP contribution in [-0.4, -0.2) is 22.8 Å². The van der Waals surface area contributed by atoms with Gasteiger partial charge in [0.25, 0.3) is 5.91 Å². The first-order valence-electron chi connectivity index (χ1n) is 7.96. The highest BCUT2D eigenvalue weighted by Crippen LogP contribution is 2.38. The maximum Gasteiger partial charge on any atom is 0.255 e. The van der Waals surface area contributed by atoms with Crippen LogP contribution in [0.2, 0.25) is 5.02 Å². The molecule has 0 aliphatic heterocycles. The van der Waals surface area contributed by atoms with Crippen LogP contribution in [0.25, 0.3) is 0 Å². The molecule has 6 heteroatoms. The molecule has 0 unspecified atom stereocenters. The maximum atomic E-state index is 12.5. The lowest BCUT2D eigenvalue weighted by Gasteiger charge is -2.36. The molecule has 1 aliphatic carbocycles. The molecule has 1 saturated carbocycles. The fourth-order valence-electron chi connectivity index (χ4n) is 3.13. The lowest BCUT2D eigenvalue weighted by atomic mass is 9.76. The van der Waals surface area contributed by atoms with Gasteiger partial charge in [0.05, 0.1) is 11.3 Å². The van der Waals surface area contributed by atoms with Crippen molar-refractivity contribution in [2.75, 3.05) is 5.32 Å². The summed E-state index contributed by atoms with van der Waals surface area (Å²) in [5, 5.41) is 6.46. The average Bonchev–Trinajstić information content (AvgIpc) is 2.82. The van der Waals surface area contributed by atoms with E-state index in [0.717, 1.165) is 23.6 Å². The molecule has 3 N–H and O–H groups in total. The molecule has 1 aliphatic rings. The molecule has 2 amide bonds. The second-order valence-electron chi connectivity index (χ2n) is 6.28. The Morgan fingerprint density at radius 1 is 1.29 bits per heavy atom. The van der Waals surface area contributed by atoms with E-state index in [-0.39, 0.29) is 17.9 Å². The topological polar surface area (TPSA) is 74.0 Å². The zero-order valence-corrected chi connectivity index (χ0v) is 14.4. The van der Waals surface area contributed by atoms with E-state index in [1.165, 1.54) is 12.5 Å². The third-order valence-electron chi connectivity index (χ3n) is 4.41. The Balaban J connectivity index is 1.61. The van der Waals surface area contributed by atoms with Crippen molar-refractivity contribution in [1.82, 2.24) is 10.3 Å². The zero-order chi connectivity index (χ0) is 17.3. The molecular formula is C18H20ClN3O2. The molecule has 0 bridgehead atoms. The van der Waals surface area contributed by atoms with Gasteiger partial charge in [-0.3, -0.25) is 9.59 Å². The molecule has 1 fully saturated rings. The number of aromatic amines is 1. The van der Waals surface area contributed by atoms with Crippen LogP contribution >= 0.6 is 11.6 Å². The van der Waals surface area contributed by atoms with E-state index in [1.54, 1.807) is 6.20 Å². The van der Waals surface area contributed by atoms with Gasteiger partial charge in [-0.1, -0.05) is 23.7 Å². The van der Waals surface area contributed by atoms with Crippen LogP contribution in [0.15, 0.2) is 30.5 Å². The number of rotatable bonds is 4. The Morgan fingerprint density at radius 2 is 2.04 bits per heavy atom. The van der Waals surface area contributed by atoms with E-state index in [0.29, 0.717) is 17.2 Å². The summed E-state index contributed by atoms with van der Waals surface area (Å²) in [6.45, 7) is 3.24. The second kappa shape index (κ2) is 6.69. The van der Waals surface area contributed by atoms with E-state index in [9.17, 15) is 9.59 Å². The summed E-state index contributed by atoms with van der Waals surface area (Å²) in [5.74, 6) is 0.0656. The van der Waals surface area contributed by atoms with Gasteiger partial charge >= 0.3 is 0 Å². The first-order chi connectivity index (χ1) is 11.4. The summed E-state index contributed by atoms with van der Waals surface area (Å²) in [6.07, 6.45) is 3.43. The molecule has 5 nitrogen and oxygen atoms in total. The fraction of sp³-hybridized carbons (Fsp3) is 0.333. The van der Waals surface area contributed by atoms with Crippen LogP contribution < -0.4 is 10.6 Å². The van der Waals surface area contributed by atoms with Gasteiger partial charge in [-0.2, -0.15) is 0 Å². The molecule has 2 aromatic rings. The molecule has 1 heterocycles. The van der Waals surface area contributed by atoms with E-state index < -0.39 is 0 Å². The molecule has 0 spiro atoms. The van der Waals surface area contributed by atoms with Crippen molar-refractivity contribution in [3.05, 3.63) is 52.3 Å². The third-order valence-corrected chi connectivity index (χ3v) is 4.64. The van der Waals surface area contributed by atoms with Gasteiger partial charge in [0.2, 0.25) is 5.91 Å². The maximum absolute atomic E-state index is 12.5. The van der Waals surface area contributed by atoms with Gasteiger partial charge < -0.3 is 15.6 Å². The van der Waals surface area contributed by atoms with Gasteiger partial charge in [-0.25, -0.2) is 0 Å². The molecule has 1 aromatic carbocycles. The van der Waals surface area contributed by atoms with Gasteiger partial charge in [0, 0.05) is 29.9 Å². The summed E-state index contributed by atoms with van der Waals surface area (Å²) in [5.41, 5.74) is 2.96. The number of carbonyl (C=O) groups is 2.